The molecule has 3 N–H and O–H groups in total. The highest BCUT2D eigenvalue weighted by molar-refractivity contribution is 5.94. The van der Waals surface area contributed by atoms with Crippen LogP contribution in [-0.2, 0) is 11.2 Å². The molecule has 0 aliphatic rings. The van der Waals surface area contributed by atoms with Gasteiger partial charge in [0, 0.05) is 56.3 Å². The summed E-state index contributed by atoms with van der Waals surface area (Å²) in [5, 5.41) is 7.46. The number of pyridine rings is 1. The van der Waals surface area contributed by atoms with Crippen LogP contribution in [0.5, 0.6) is 0 Å². The van der Waals surface area contributed by atoms with E-state index in [9.17, 15) is 4.79 Å². The molecule has 0 aliphatic carbocycles. The summed E-state index contributed by atoms with van der Waals surface area (Å²) in [5.74, 6) is -0.117. The summed E-state index contributed by atoms with van der Waals surface area (Å²) in [7, 11) is 1.65. The second kappa shape index (κ2) is 9.01. The van der Waals surface area contributed by atoms with Crippen molar-refractivity contribution < 1.29 is 9.53 Å². The molecule has 2 heterocycles. The van der Waals surface area contributed by atoms with Crippen molar-refractivity contribution in [3.8, 4) is 0 Å². The van der Waals surface area contributed by atoms with Gasteiger partial charge in [-0.05, 0) is 30.5 Å². The number of aromatic nitrogens is 2. The Kier molecular flexibility index (Phi) is 6.22. The fourth-order valence-corrected chi connectivity index (χ4v) is 2.86. The van der Waals surface area contributed by atoms with E-state index in [1.807, 2.05) is 18.2 Å². The average molecular weight is 352 g/mol. The topological polar surface area (TPSA) is 79.0 Å². The zero-order valence-corrected chi connectivity index (χ0v) is 14.9. The van der Waals surface area contributed by atoms with E-state index in [0.29, 0.717) is 18.7 Å². The molecule has 3 aromatic rings. The number of carbonyl (C=O) groups is 1. The van der Waals surface area contributed by atoms with Crippen LogP contribution in [0, 0.1) is 0 Å². The molecule has 0 saturated carbocycles. The number of hydrogen-bond acceptors (Lipinski definition) is 4. The summed E-state index contributed by atoms with van der Waals surface area (Å²) < 4.78 is 4.97. The zero-order valence-electron chi connectivity index (χ0n) is 14.9. The largest absolute Gasteiger partial charge is 0.385 e. The molecular weight excluding hydrogens is 328 g/mol. The average Bonchev–Trinajstić information content (AvgIpc) is 3.09. The second-order valence-electron chi connectivity index (χ2n) is 6.10. The number of fused-ring (bicyclic) bond motifs is 1. The van der Waals surface area contributed by atoms with E-state index in [1.54, 1.807) is 19.5 Å². The number of methoxy groups -OCH3 is 1. The SMILES string of the molecule is COCCCNC(=O)c1cncc(NCCc2c[nH]c3ccccc23)c1. The molecule has 1 amide bonds. The van der Waals surface area contributed by atoms with Gasteiger partial charge in [-0.3, -0.25) is 9.78 Å². The van der Waals surface area contributed by atoms with E-state index in [1.165, 1.54) is 10.9 Å². The number of hydrogen-bond donors (Lipinski definition) is 3. The molecule has 1 aromatic carbocycles. The summed E-state index contributed by atoms with van der Waals surface area (Å²) in [6, 6.07) is 10.1. The Morgan fingerprint density at radius 2 is 2.12 bits per heavy atom. The molecule has 2 aromatic heterocycles. The summed E-state index contributed by atoms with van der Waals surface area (Å²) >= 11 is 0. The number of ether oxygens (including phenoxy) is 1. The van der Waals surface area contributed by atoms with E-state index in [-0.39, 0.29) is 5.91 Å². The van der Waals surface area contributed by atoms with E-state index >= 15 is 0 Å². The minimum Gasteiger partial charge on any atom is -0.385 e. The third-order valence-corrected chi connectivity index (χ3v) is 4.21. The Labute approximate surface area is 153 Å². The molecule has 136 valence electrons. The molecule has 0 bridgehead atoms. The molecule has 0 spiro atoms. The van der Waals surface area contributed by atoms with Crippen LogP contribution in [0.15, 0.2) is 48.9 Å². The lowest BCUT2D eigenvalue weighted by Gasteiger charge is -2.08. The van der Waals surface area contributed by atoms with Crippen LogP contribution >= 0.6 is 0 Å². The highest BCUT2D eigenvalue weighted by atomic mass is 16.5. The summed E-state index contributed by atoms with van der Waals surface area (Å²) in [6.45, 7) is 1.99. The lowest BCUT2D eigenvalue weighted by Crippen LogP contribution is -2.25. The van der Waals surface area contributed by atoms with Crippen molar-refractivity contribution in [3.05, 3.63) is 60.0 Å². The Morgan fingerprint density at radius 1 is 1.23 bits per heavy atom. The zero-order chi connectivity index (χ0) is 18.2. The number of amides is 1. The lowest BCUT2D eigenvalue weighted by atomic mass is 10.1. The van der Waals surface area contributed by atoms with Crippen LogP contribution in [0.2, 0.25) is 0 Å². The van der Waals surface area contributed by atoms with Gasteiger partial charge in [-0.25, -0.2) is 0 Å². The predicted octanol–water partition coefficient (Wildman–Crippen LogP) is 2.98. The van der Waals surface area contributed by atoms with E-state index in [2.05, 4.69) is 38.9 Å². The van der Waals surface area contributed by atoms with Crippen molar-refractivity contribution in [1.82, 2.24) is 15.3 Å². The van der Waals surface area contributed by atoms with Crippen molar-refractivity contribution in [2.45, 2.75) is 12.8 Å². The summed E-state index contributed by atoms with van der Waals surface area (Å²) in [6.07, 6.45) is 7.04. The van der Waals surface area contributed by atoms with Crippen molar-refractivity contribution in [1.29, 1.82) is 0 Å². The van der Waals surface area contributed by atoms with Crippen LogP contribution in [0.1, 0.15) is 22.3 Å². The predicted molar refractivity (Wildman–Crippen MR) is 104 cm³/mol. The van der Waals surface area contributed by atoms with Gasteiger partial charge in [-0.15, -0.1) is 0 Å². The Hall–Kier alpha value is -2.86. The van der Waals surface area contributed by atoms with E-state index in [0.717, 1.165) is 30.6 Å². The number of benzene rings is 1. The first kappa shape index (κ1) is 17.9. The van der Waals surface area contributed by atoms with Gasteiger partial charge in [0.1, 0.15) is 0 Å². The first-order chi connectivity index (χ1) is 12.8. The number of H-pyrrole nitrogens is 1. The van der Waals surface area contributed by atoms with Crippen LogP contribution in [-0.4, -0.2) is 42.7 Å². The minimum atomic E-state index is -0.117. The minimum absolute atomic E-state index is 0.117. The normalized spacial score (nSPS) is 10.8. The molecule has 0 aliphatic heterocycles. The Balaban J connectivity index is 1.53. The maximum atomic E-state index is 12.1. The molecular formula is C20H24N4O2. The number of nitrogens with zero attached hydrogens (tertiary/aromatic N) is 1. The standard InChI is InChI=1S/C20H24N4O2/c1-26-10-4-8-23-20(25)16-11-17(14-21-12-16)22-9-7-15-13-24-19-6-3-2-5-18(15)19/h2-3,5-6,11-14,22,24H,4,7-10H2,1H3,(H,23,25). The molecule has 0 atom stereocenters. The highest BCUT2D eigenvalue weighted by Crippen LogP contribution is 2.18. The van der Waals surface area contributed by atoms with E-state index in [4.69, 9.17) is 4.74 Å². The lowest BCUT2D eigenvalue weighted by molar-refractivity contribution is 0.0948. The highest BCUT2D eigenvalue weighted by Gasteiger charge is 2.07. The number of rotatable bonds is 9. The van der Waals surface area contributed by atoms with Gasteiger partial charge in [0.25, 0.3) is 5.91 Å². The van der Waals surface area contributed by atoms with Gasteiger partial charge in [0.05, 0.1) is 11.3 Å². The monoisotopic (exact) mass is 352 g/mol. The third kappa shape index (κ3) is 4.61. The fourth-order valence-electron chi connectivity index (χ4n) is 2.86. The van der Waals surface area contributed by atoms with Crippen LogP contribution in [0.3, 0.4) is 0 Å². The Bertz CT molecular complexity index is 860. The van der Waals surface area contributed by atoms with Gasteiger partial charge < -0.3 is 20.4 Å². The van der Waals surface area contributed by atoms with E-state index < -0.39 is 0 Å². The van der Waals surface area contributed by atoms with Gasteiger partial charge >= 0.3 is 0 Å². The fraction of sp³-hybridized carbons (Fsp3) is 0.300. The second-order valence-corrected chi connectivity index (χ2v) is 6.10. The maximum Gasteiger partial charge on any atom is 0.252 e. The third-order valence-electron chi connectivity index (χ3n) is 4.21. The van der Waals surface area contributed by atoms with Gasteiger partial charge in [0.15, 0.2) is 0 Å². The number of carbonyl (C=O) groups excluding carboxylic acids is 1. The molecule has 0 fully saturated rings. The molecule has 0 unspecified atom stereocenters. The number of para-hydroxylation sites is 1. The number of nitrogens with one attached hydrogen (secondary N) is 3. The quantitative estimate of drug-likeness (QED) is 0.517. The molecule has 6 nitrogen and oxygen atoms in total. The number of aromatic amines is 1. The molecule has 0 saturated heterocycles. The molecule has 26 heavy (non-hydrogen) atoms. The van der Waals surface area contributed by atoms with Gasteiger partial charge in [-0.1, -0.05) is 18.2 Å². The maximum absolute atomic E-state index is 12.1. The smallest absolute Gasteiger partial charge is 0.252 e. The molecule has 3 rings (SSSR count). The van der Waals surface area contributed by atoms with Gasteiger partial charge in [0.2, 0.25) is 0 Å². The number of anilines is 1. The van der Waals surface area contributed by atoms with Crippen molar-refractivity contribution >= 4 is 22.5 Å². The van der Waals surface area contributed by atoms with Crippen LogP contribution in [0.4, 0.5) is 5.69 Å². The van der Waals surface area contributed by atoms with Crippen LogP contribution in [0.25, 0.3) is 10.9 Å². The Morgan fingerprint density at radius 3 is 3.00 bits per heavy atom. The van der Waals surface area contributed by atoms with Crippen molar-refractivity contribution in [3.63, 3.8) is 0 Å². The summed E-state index contributed by atoms with van der Waals surface area (Å²) in [5.41, 5.74) is 3.82. The van der Waals surface area contributed by atoms with Gasteiger partial charge in [-0.2, -0.15) is 0 Å². The first-order valence-corrected chi connectivity index (χ1v) is 8.79. The molecule has 0 radical (unpaired) electrons. The summed E-state index contributed by atoms with van der Waals surface area (Å²) in [4.78, 5) is 19.6. The molecule has 6 heteroatoms. The van der Waals surface area contributed by atoms with Crippen molar-refractivity contribution in [2.24, 2.45) is 0 Å². The van der Waals surface area contributed by atoms with Crippen molar-refractivity contribution in [2.75, 3.05) is 32.1 Å². The first-order valence-electron chi connectivity index (χ1n) is 8.79. The van der Waals surface area contributed by atoms with Crippen LogP contribution < -0.4 is 10.6 Å².